The average Bonchev–Trinajstić information content (AvgIpc) is 3.25. The number of carbonyl (C=O) groups excluding carboxylic acids is 3. The number of aliphatic hydroxyl groups is 1. The molecule has 27 heavy (non-hydrogen) atoms. The van der Waals surface area contributed by atoms with Crippen LogP contribution in [0.4, 0.5) is 0 Å². The fraction of sp³-hybridized carbons (Fsp3) is 0.833. The van der Waals surface area contributed by atoms with E-state index in [2.05, 4.69) is 19.6 Å². The Hall–Kier alpha value is -1.45. The maximum Gasteiger partial charge on any atom is 0.328 e. The minimum atomic E-state index is -1.84. The van der Waals surface area contributed by atoms with Crippen LogP contribution < -0.4 is 0 Å². The number of esters is 2. The predicted molar refractivity (Wildman–Crippen MR) is 94.8 cm³/mol. The number of nitrogens with zero attached hydrogens (tertiary/aromatic N) is 1. The van der Waals surface area contributed by atoms with Crippen molar-refractivity contribution in [2.24, 2.45) is 23.7 Å². The SMILES string of the molecule is COC(=O)[C@@H]1CCCN1C(=O)[C@H]1[C@H]2C(=O)O[C@H]3O[C@@H](O)[C@@H]1[C@H]([Si](C)(C)C)[C@H]32. The largest absolute Gasteiger partial charge is 0.467 e. The van der Waals surface area contributed by atoms with Crippen LogP contribution in [0, 0.1) is 23.7 Å². The summed E-state index contributed by atoms with van der Waals surface area (Å²) in [5.74, 6) is -3.09. The molecule has 1 aliphatic carbocycles. The van der Waals surface area contributed by atoms with Gasteiger partial charge in [0, 0.05) is 26.5 Å². The molecule has 1 N–H and O–H groups in total. The van der Waals surface area contributed by atoms with Gasteiger partial charge in [0.05, 0.1) is 18.9 Å². The summed E-state index contributed by atoms with van der Waals surface area (Å²) >= 11 is 0. The van der Waals surface area contributed by atoms with Crippen LogP contribution in [0.25, 0.3) is 0 Å². The molecule has 0 aromatic carbocycles. The van der Waals surface area contributed by atoms with Gasteiger partial charge in [-0.2, -0.15) is 0 Å². The second kappa shape index (κ2) is 6.28. The van der Waals surface area contributed by atoms with Gasteiger partial charge in [-0.25, -0.2) is 4.79 Å². The highest BCUT2D eigenvalue weighted by Crippen LogP contribution is 2.63. The highest BCUT2D eigenvalue weighted by molar-refractivity contribution is 6.77. The van der Waals surface area contributed by atoms with Gasteiger partial charge in [-0.15, -0.1) is 0 Å². The summed E-state index contributed by atoms with van der Waals surface area (Å²) in [6.07, 6.45) is -0.666. The Morgan fingerprint density at radius 1 is 1.26 bits per heavy atom. The smallest absolute Gasteiger partial charge is 0.328 e. The third-order valence-electron chi connectivity index (χ3n) is 6.76. The molecule has 3 saturated heterocycles. The normalized spacial score (nSPS) is 43.0. The Morgan fingerprint density at radius 3 is 2.59 bits per heavy atom. The summed E-state index contributed by atoms with van der Waals surface area (Å²) < 4.78 is 15.8. The molecular formula is C18H27NO7Si. The van der Waals surface area contributed by atoms with Crippen LogP contribution in [-0.2, 0) is 28.6 Å². The summed E-state index contributed by atoms with van der Waals surface area (Å²) in [7, 11) is -0.533. The van der Waals surface area contributed by atoms with Gasteiger partial charge < -0.3 is 24.2 Å². The lowest BCUT2D eigenvalue weighted by molar-refractivity contribution is -0.262. The molecule has 0 aromatic rings. The van der Waals surface area contributed by atoms with Gasteiger partial charge in [0.2, 0.25) is 12.2 Å². The summed E-state index contributed by atoms with van der Waals surface area (Å²) in [6, 6.07) is -0.625. The Balaban J connectivity index is 1.72. The van der Waals surface area contributed by atoms with Crippen molar-refractivity contribution in [2.45, 2.75) is 56.6 Å². The fourth-order valence-electron chi connectivity index (χ4n) is 5.87. The van der Waals surface area contributed by atoms with Gasteiger partial charge >= 0.3 is 11.9 Å². The number of fused-ring (bicyclic) bond motifs is 1. The lowest BCUT2D eigenvalue weighted by Gasteiger charge is -2.43. The van der Waals surface area contributed by atoms with Gasteiger partial charge in [0.15, 0.2) is 6.29 Å². The molecule has 0 unspecified atom stereocenters. The second-order valence-corrected chi connectivity index (χ2v) is 14.5. The van der Waals surface area contributed by atoms with Crippen LogP contribution in [0.3, 0.4) is 0 Å². The Morgan fingerprint density at radius 2 is 1.96 bits per heavy atom. The predicted octanol–water partition coefficient (Wildman–Crippen LogP) is 0.569. The summed E-state index contributed by atoms with van der Waals surface area (Å²) in [5, 5.41) is 10.7. The van der Waals surface area contributed by atoms with Gasteiger partial charge in [0.25, 0.3) is 0 Å². The van der Waals surface area contributed by atoms with E-state index in [1.807, 2.05) is 0 Å². The number of amides is 1. The molecule has 9 heteroatoms. The minimum absolute atomic E-state index is 0.0378. The maximum absolute atomic E-state index is 13.5. The van der Waals surface area contributed by atoms with Gasteiger partial charge in [0.1, 0.15) is 6.04 Å². The molecule has 8 nitrogen and oxygen atoms in total. The maximum atomic E-state index is 13.5. The zero-order valence-corrected chi connectivity index (χ0v) is 17.1. The zero-order chi connectivity index (χ0) is 19.7. The topological polar surface area (TPSA) is 102 Å². The molecule has 3 heterocycles. The summed E-state index contributed by atoms with van der Waals surface area (Å²) in [5.41, 5.74) is 0.0378. The molecule has 8 atom stereocenters. The van der Waals surface area contributed by atoms with Crippen LogP contribution in [-0.4, -0.2) is 68.2 Å². The van der Waals surface area contributed by atoms with Crippen LogP contribution in [0.1, 0.15) is 12.8 Å². The van der Waals surface area contributed by atoms with E-state index in [9.17, 15) is 19.5 Å². The van der Waals surface area contributed by atoms with Crippen molar-refractivity contribution >= 4 is 25.9 Å². The monoisotopic (exact) mass is 397 g/mol. The van der Waals surface area contributed by atoms with Gasteiger partial charge in [-0.3, -0.25) is 9.59 Å². The van der Waals surface area contributed by atoms with Crippen molar-refractivity contribution in [3.63, 3.8) is 0 Å². The molecular weight excluding hydrogens is 370 g/mol. The van der Waals surface area contributed by atoms with Crippen LogP contribution in [0.15, 0.2) is 0 Å². The molecule has 0 radical (unpaired) electrons. The highest BCUT2D eigenvalue weighted by Gasteiger charge is 2.71. The molecule has 4 aliphatic rings. The van der Waals surface area contributed by atoms with Gasteiger partial charge in [-0.1, -0.05) is 19.6 Å². The standard InChI is InChI=1S/C18H27NO7Si/c1-24-15(21)8-6-5-7-19(8)14(20)9-10-12-13(27(2,3)4)11(9)17(23)26-18(12)25-16(10)22/h8-13,17-18,23H,5-7H2,1-4H3/t8-,9-,10+,11-,12+,13-,17+,18-/m0/s1. The number of likely N-dealkylation sites (tertiary alicyclic amines) is 1. The number of hydrogen-bond donors (Lipinski definition) is 1. The Kier molecular flexibility index (Phi) is 4.39. The summed E-state index contributed by atoms with van der Waals surface area (Å²) in [4.78, 5) is 39.8. The van der Waals surface area contributed by atoms with E-state index in [0.717, 1.165) is 0 Å². The fourth-order valence-corrected chi connectivity index (χ4v) is 8.92. The van der Waals surface area contributed by atoms with Crippen molar-refractivity contribution in [1.29, 1.82) is 0 Å². The van der Waals surface area contributed by atoms with E-state index in [4.69, 9.17) is 14.2 Å². The molecule has 0 aromatic heterocycles. The first-order valence-corrected chi connectivity index (χ1v) is 13.2. The molecule has 2 bridgehead atoms. The quantitative estimate of drug-likeness (QED) is 0.549. The number of aliphatic hydroxyl groups excluding tert-OH is 1. The third-order valence-corrected chi connectivity index (χ3v) is 9.53. The number of methoxy groups -OCH3 is 1. The van der Waals surface area contributed by atoms with Crippen molar-refractivity contribution in [3.8, 4) is 0 Å². The van der Waals surface area contributed by atoms with E-state index in [1.165, 1.54) is 12.0 Å². The molecule has 150 valence electrons. The molecule has 1 amide bonds. The first-order chi connectivity index (χ1) is 12.7. The van der Waals surface area contributed by atoms with Crippen LogP contribution in [0.2, 0.25) is 25.2 Å². The minimum Gasteiger partial charge on any atom is -0.467 e. The van der Waals surface area contributed by atoms with E-state index < -0.39 is 56.4 Å². The van der Waals surface area contributed by atoms with E-state index >= 15 is 0 Å². The van der Waals surface area contributed by atoms with Gasteiger partial charge in [-0.05, 0) is 18.4 Å². The first kappa shape index (κ1) is 18.9. The lowest BCUT2D eigenvalue weighted by Crippen LogP contribution is -2.52. The zero-order valence-electron chi connectivity index (χ0n) is 16.1. The van der Waals surface area contributed by atoms with E-state index in [-0.39, 0.29) is 17.4 Å². The van der Waals surface area contributed by atoms with Crippen LogP contribution in [0.5, 0.6) is 0 Å². The lowest BCUT2D eigenvalue weighted by atomic mass is 9.86. The molecule has 4 rings (SSSR count). The van der Waals surface area contributed by atoms with Crippen molar-refractivity contribution in [3.05, 3.63) is 0 Å². The highest BCUT2D eigenvalue weighted by atomic mass is 28.3. The van der Waals surface area contributed by atoms with E-state index in [0.29, 0.717) is 19.4 Å². The van der Waals surface area contributed by atoms with Crippen LogP contribution >= 0.6 is 0 Å². The summed E-state index contributed by atoms with van der Waals surface area (Å²) in [6.45, 7) is 6.99. The number of ether oxygens (including phenoxy) is 3. The molecule has 4 fully saturated rings. The van der Waals surface area contributed by atoms with Crippen molar-refractivity contribution in [1.82, 2.24) is 4.90 Å². The van der Waals surface area contributed by atoms with Crippen molar-refractivity contribution in [2.75, 3.05) is 13.7 Å². The number of rotatable bonds is 3. The average molecular weight is 398 g/mol. The molecule has 3 aliphatic heterocycles. The number of hydrogen-bond acceptors (Lipinski definition) is 7. The Bertz CT molecular complexity index is 677. The molecule has 0 spiro atoms. The van der Waals surface area contributed by atoms with Crippen molar-refractivity contribution < 1.29 is 33.7 Å². The number of carbonyl (C=O) groups is 3. The Labute approximate surface area is 159 Å². The van der Waals surface area contributed by atoms with E-state index in [1.54, 1.807) is 0 Å². The third kappa shape index (κ3) is 2.66. The first-order valence-electron chi connectivity index (χ1n) is 9.59. The molecule has 1 saturated carbocycles. The second-order valence-electron chi connectivity index (χ2n) is 9.14.